The number of nitrogens with zero attached hydrogens (tertiary/aromatic N) is 3. The number of rotatable bonds is 5. The maximum atomic E-state index is 12.7. The van der Waals surface area contributed by atoms with Gasteiger partial charge in [0.25, 0.3) is 0 Å². The van der Waals surface area contributed by atoms with Crippen molar-refractivity contribution in [1.29, 1.82) is 0 Å². The van der Waals surface area contributed by atoms with Crippen LogP contribution >= 0.6 is 23.1 Å². The molecule has 2 aromatic heterocycles. The van der Waals surface area contributed by atoms with Crippen molar-refractivity contribution in [3.8, 4) is 11.1 Å². The largest absolute Gasteiger partial charge is 0.465 e. The van der Waals surface area contributed by atoms with Gasteiger partial charge in [0.15, 0.2) is 4.34 Å². The molecule has 0 bridgehead atoms. The third-order valence-corrected chi connectivity index (χ3v) is 5.96. The van der Waals surface area contributed by atoms with Gasteiger partial charge in [0, 0.05) is 16.7 Å². The van der Waals surface area contributed by atoms with Gasteiger partial charge in [-0.05, 0) is 11.6 Å². The Bertz CT molecular complexity index is 1080. The quantitative estimate of drug-likeness (QED) is 0.357. The third-order valence-electron chi connectivity index (χ3n) is 4.09. The molecule has 0 atom stereocenters. The molecule has 0 N–H and O–H groups in total. The first-order valence-corrected chi connectivity index (χ1v) is 10.1. The van der Waals surface area contributed by atoms with Crippen molar-refractivity contribution in [2.24, 2.45) is 0 Å². The number of pyridine rings is 1. The highest BCUT2D eigenvalue weighted by Gasteiger charge is 2.23. The standard InChI is InChI=1S/C20H15N3O2S2/c1-25-19(24)18-16(11-26-20-23-21-12-27-20)22-15-10-6-5-9-14(15)17(18)13-7-3-2-4-8-13/h2-10,12H,11H2,1H3. The number of fused-ring (bicyclic) bond motifs is 1. The Kier molecular flexibility index (Phi) is 5.13. The summed E-state index contributed by atoms with van der Waals surface area (Å²) < 4.78 is 5.95. The normalized spacial score (nSPS) is 10.9. The van der Waals surface area contributed by atoms with Gasteiger partial charge in [-0.2, -0.15) is 0 Å². The number of hydrogen-bond donors (Lipinski definition) is 0. The zero-order chi connectivity index (χ0) is 18.6. The van der Waals surface area contributed by atoms with Gasteiger partial charge in [-0.25, -0.2) is 4.79 Å². The summed E-state index contributed by atoms with van der Waals surface area (Å²) >= 11 is 2.97. The molecule has 0 unspecified atom stereocenters. The van der Waals surface area contributed by atoms with Crippen LogP contribution < -0.4 is 0 Å². The predicted molar refractivity (Wildman–Crippen MR) is 108 cm³/mol. The summed E-state index contributed by atoms with van der Waals surface area (Å²) in [4.78, 5) is 17.5. The highest BCUT2D eigenvalue weighted by Crippen LogP contribution is 2.35. The van der Waals surface area contributed by atoms with E-state index in [1.807, 2.05) is 54.6 Å². The van der Waals surface area contributed by atoms with Crippen LogP contribution in [0.15, 0.2) is 64.4 Å². The molecule has 0 aliphatic rings. The van der Waals surface area contributed by atoms with Gasteiger partial charge in [-0.1, -0.05) is 71.6 Å². The molecule has 5 nitrogen and oxygen atoms in total. The SMILES string of the molecule is COC(=O)c1c(CSc2nncs2)nc2ccccc2c1-c1ccccc1. The molecule has 134 valence electrons. The van der Waals surface area contributed by atoms with E-state index >= 15 is 0 Å². The van der Waals surface area contributed by atoms with Crippen LogP contribution in [-0.2, 0) is 10.5 Å². The van der Waals surface area contributed by atoms with Crippen LogP contribution in [0.2, 0.25) is 0 Å². The molecular weight excluding hydrogens is 378 g/mol. The summed E-state index contributed by atoms with van der Waals surface area (Å²) in [6.07, 6.45) is 0. The number of aromatic nitrogens is 3. The molecule has 7 heteroatoms. The predicted octanol–water partition coefficient (Wildman–Crippen LogP) is 4.83. The van der Waals surface area contributed by atoms with E-state index in [2.05, 4.69) is 10.2 Å². The van der Waals surface area contributed by atoms with Crippen molar-refractivity contribution in [2.45, 2.75) is 10.1 Å². The van der Waals surface area contributed by atoms with Crippen LogP contribution in [-0.4, -0.2) is 28.3 Å². The summed E-state index contributed by atoms with van der Waals surface area (Å²) in [6, 6.07) is 17.7. The van der Waals surface area contributed by atoms with Crippen LogP contribution in [0.3, 0.4) is 0 Å². The molecule has 4 rings (SSSR count). The Morgan fingerprint density at radius 1 is 1.11 bits per heavy atom. The highest BCUT2D eigenvalue weighted by atomic mass is 32.2. The number of carbonyl (C=O) groups excluding carboxylic acids is 1. The van der Waals surface area contributed by atoms with E-state index in [9.17, 15) is 4.79 Å². The van der Waals surface area contributed by atoms with Crippen molar-refractivity contribution in [2.75, 3.05) is 7.11 Å². The fourth-order valence-electron chi connectivity index (χ4n) is 2.95. The maximum absolute atomic E-state index is 12.7. The van der Waals surface area contributed by atoms with Gasteiger partial charge < -0.3 is 4.74 Å². The lowest BCUT2D eigenvalue weighted by molar-refractivity contribution is 0.0600. The fourth-order valence-corrected chi connectivity index (χ4v) is 4.38. The smallest absolute Gasteiger partial charge is 0.340 e. The molecule has 0 spiro atoms. The topological polar surface area (TPSA) is 65.0 Å². The number of para-hydroxylation sites is 1. The van der Waals surface area contributed by atoms with Crippen LogP contribution in [0.1, 0.15) is 16.1 Å². The fraction of sp³-hybridized carbons (Fsp3) is 0.100. The number of hydrogen-bond acceptors (Lipinski definition) is 7. The zero-order valence-corrected chi connectivity index (χ0v) is 16.1. The van der Waals surface area contributed by atoms with Crippen molar-refractivity contribution in [3.05, 3.63) is 71.4 Å². The van der Waals surface area contributed by atoms with Gasteiger partial charge in [-0.3, -0.25) is 4.98 Å². The Balaban J connectivity index is 1.95. The Labute approximate surface area is 164 Å². The summed E-state index contributed by atoms with van der Waals surface area (Å²) in [5.41, 5.74) is 5.52. The Morgan fingerprint density at radius 2 is 1.89 bits per heavy atom. The maximum Gasteiger partial charge on any atom is 0.340 e. The molecule has 4 aromatic rings. The van der Waals surface area contributed by atoms with Gasteiger partial charge >= 0.3 is 5.97 Å². The minimum atomic E-state index is -0.389. The van der Waals surface area contributed by atoms with Crippen LogP contribution in [0.4, 0.5) is 0 Å². The molecule has 2 heterocycles. The van der Waals surface area contributed by atoms with Gasteiger partial charge in [0.2, 0.25) is 0 Å². The van der Waals surface area contributed by atoms with Gasteiger partial charge in [0.05, 0.1) is 23.9 Å². The molecule has 0 aliphatic heterocycles. The van der Waals surface area contributed by atoms with Crippen molar-refractivity contribution in [3.63, 3.8) is 0 Å². The van der Waals surface area contributed by atoms with Crippen LogP contribution in [0.25, 0.3) is 22.0 Å². The molecule has 0 saturated heterocycles. The second kappa shape index (κ2) is 7.85. The summed E-state index contributed by atoms with van der Waals surface area (Å²) in [5, 5.41) is 8.84. The minimum absolute atomic E-state index is 0.389. The number of methoxy groups -OCH3 is 1. The van der Waals surface area contributed by atoms with E-state index in [-0.39, 0.29) is 5.97 Å². The number of ether oxygens (including phenoxy) is 1. The van der Waals surface area contributed by atoms with Crippen molar-refractivity contribution >= 4 is 40.0 Å². The average molecular weight is 393 g/mol. The monoisotopic (exact) mass is 393 g/mol. The molecule has 27 heavy (non-hydrogen) atoms. The summed E-state index contributed by atoms with van der Waals surface area (Å²) in [7, 11) is 1.40. The van der Waals surface area contributed by atoms with Crippen molar-refractivity contribution in [1.82, 2.24) is 15.2 Å². The van der Waals surface area contributed by atoms with Crippen LogP contribution in [0.5, 0.6) is 0 Å². The highest BCUT2D eigenvalue weighted by molar-refractivity contribution is 8.00. The summed E-state index contributed by atoms with van der Waals surface area (Å²) in [5.74, 6) is 0.115. The molecule has 2 aromatic carbocycles. The lowest BCUT2D eigenvalue weighted by Crippen LogP contribution is -2.10. The van der Waals surface area contributed by atoms with E-state index in [0.29, 0.717) is 17.0 Å². The van der Waals surface area contributed by atoms with Crippen LogP contribution in [0, 0.1) is 0 Å². The first kappa shape index (κ1) is 17.6. The molecule has 0 amide bonds. The lowest BCUT2D eigenvalue weighted by Gasteiger charge is -2.15. The first-order chi connectivity index (χ1) is 13.3. The first-order valence-electron chi connectivity index (χ1n) is 8.22. The van der Waals surface area contributed by atoms with Gasteiger partial charge in [0.1, 0.15) is 5.51 Å². The van der Waals surface area contributed by atoms with E-state index < -0.39 is 0 Å². The Hall–Kier alpha value is -2.77. The summed E-state index contributed by atoms with van der Waals surface area (Å²) in [6.45, 7) is 0. The van der Waals surface area contributed by atoms with Crippen molar-refractivity contribution < 1.29 is 9.53 Å². The number of thioether (sulfide) groups is 1. The van der Waals surface area contributed by atoms with E-state index in [4.69, 9.17) is 9.72 Å². The van der Waals surface area contributed by atoms with Gasteiger partial charge in [-0.15, -0.1) is 10.2 Å². The molecule has 0 aliphatic carbocycles. The molecular formula is C20H15N3O2S2. The zero-order valence-electron chi connectivity index (χ0n) is 14.5. The number of benzene rings is 2. The Morgan fingerprint density at radius 3 is 2.63 bits per heavy atom. The molecule has 0 saturated carbocycles. The third kappa shape index (κ3) is 3.56. The lowest BCUT2D eigenvalue weighted by atomic mass is 9.94. The number of carbonyl (C=O) groups is 1. The molecule has 0 radical (unpaired) electrons. The van der Waals surface area contributed by atoms with E-state index in [1.54, 1.807) is 5.51 Å². The number of esters is 1. The second-order valence-corrected chi connectivity index (χ2v) is 7.73. The minimum Gasteiger partial charge on any atom is -0.465 e. The average Bonchev–Trinajstić information content (AvgIpc) is 3.25. The molecule has 0 fully saturated rings. The van der Waals surface area contributed by atoms with E-state index in [0.717, 1.165) is 26.4 Å². The second-order valence-electron chi connectivity index (χ2n) is 5.68. The van der Waals surface area contributed by atoms with E-state index in [1.165, 1.54) is 30.2 Å².